The predicted molar refractivity (Wildman–Crippen MR) is 112 cm³/mol. The lowest BCUT2D eigenvalue weighted by molar-refractivity contribution is -0.895. The van der Waals surface area contributed by atoms with Gasteiger partial charge in [0.05, 0.1) is 26.2 Å². The maximum atomic E-state index is 13.6. The molecule has 1 aliphatic rings. The molecule has 0 aromatic heterocycles. The number of hydrogen-bond donors (Lipinski definition) is 2. The summed E-state index contributed by atoms with van der Waals surface area (Å²) in [5, 5.41) is 3.30. The van der Waals surface area contributed by atoms with Crippen LogP contribution in [0.3, 0.4) is 0 Å². The van der Waals surface area contributed by atoms with Crippen LogP contribution in [-0.4, -0.2) is 26.2 Å². The highest BCUT2D eigenvalue weighted by Gasteiger charge is 2.26. The molecular weight excluding hydrogens is 355 g/mol. The van der Waals surface area contributed by atoms with Crippen LogP contribution in [-0.2, 0) is 9.30 Å². The molecule has 2 N–H and O–H groups in total. The van der Waals surface area contributed by atoms with E-state index in [2.05, 4.69) is 18.9 Å². The second-order valence-corrected chi connectivity index (χ2v) is 8.90. The highest BCUT2D eigenvalue weighted by Crippen LogP contribution is 2.53. The van der Waals surface area contributed by atoms with E-state index in [0.717, 1.165) is 30.8 Å². The van der Waals surface area contributed by atoms with Crippen LogP contribution in [0.2, 0.25) is 0 Å². The van der Waals surface area contributed by atoms with Crippen LogP contribution in [0.1, 0.15) is 25.0 Å². The van der Waals surface area contributed by atoms with E-state index >= 15 is 0 Å². The standard InChI is InChI=1S/C22H27N2O2P/c1-3-24(4-2)16-15-23-27(25)17-21(19-11-7-5-8-12-19)26-22(18-27)20-13-9-6-10-14-20/h5-14,17-18H,3-4,15-16H2,1-2H3,(H,23,25)/p+1. The van der Waals surface area contributed by atoms with E-state index in [1.165, 1.54) is 4.90 Å². The maximum absolute atomic E-state index is 13.6. The highest BCUT2D eigenvalue weighted by atomic mass is 31.2. The zero-order chi connectivity index (χ0) is 19.1. The summed E-state index contributed by atoms with van der Waals surface area (Å²) in [6.07, 6.45) is 0. The van der Waals surface area contributed by atoms with Crippen molar-refractivity contribution >= 4 is 18.8 Å². The van der Waals surface area contributed by atoms with Crippen LogP contribution in [0.25, 0.3) is 11.5 Å². The predicted octanol–water partition coefficient (Wildman–Crippen LogP) is 3.81. The van der Waals surface area contributed by atoms with E-state index in [-0.39, 0.29) is 0 Å². The number of quaternary nitrogens is 1. The third-order valence-electron chi connectivity index (χ3n) is 4.79. The number of rotatable bonds is 8. The van der Waals surface area contributed by atoms with Gasteiger partial charge in [-0.15, -0.1) is 0 Å². The van der Waals surface area contributed by atoms with Gasteiger partial charge in [0, 0.05) is 22.8 Å². The molecule has 0 amide bonds. The van der Waals surface area contributed by atoms with Crippen molar-refractivity contribution in [1.82, 2.24) is 5.09 Å². The SMILES string of the molecule is CC[NH+](CC)CCNP1(=O)C=C(c2ccccc2)OC(c2ccccc2)=C1. The first-order valence-corrected chi connectivity index (χ1v) is 11.4. The van der Waals surface area contributed by atoms with E-state index in [1.54, 1.807) is 11.6 Å². The molecule has 0 spiro atoms. The van der Waals surface area contributed by atoms with E-state index in [0.29, 0.717) is 18.1 Å². The van der Waals surface area contributed by atoms with Crippen LogP contribution >= 0.6 is 7.29 Å². The fourth-order valence-corrected chi connectivity index (χ4v) is 4.95. The Hall–Kier alpha value is -2.13. The molecule has 0 saturated heterocycles. The fraction of sp³-hybridized carbons (Fsp3) is 0.273. The third-order valence-corrected chi connectivity index (χ3v) is 6.75. The molecule has 4 nitrogen and oxygen atoms in total. The molecule has 2 aromatic rings. The normalized spacial score (nSPS) is 15.8. The number of hydrogen-bond acceptors (Lipinski definition) is 2. The summed E-state index contributed by atoms with van der Waals surface area (Å²) in [5.74, 6) is 4.80. The van der Waals surface area contributed by atoms with Gasteiger partial charge in [0.25, 0.3) is 0 Å². The molecule has 0 saturated carbocycles. The molecule has 2 aromatic carbocycles. The highest BCUT2D eigenvalue weighted by molar-refractivity contribution is 7.68. The lowest BCUT2D eigenvalue weighted by atomic mass is 10.2. The monoisotopic (exact) mass is 383 g/mol. The molecule has 0 atom stereocenters. The van der Waals surface area contributed by atoms with E-state index in [4.69, 9.17) is 4.74 Å². The van der Waals surface area contributed by atoms with E-state index in [9.17, 15) is 4.57 Å². The van der Waals surface area contributed by atoms with E-state index in [1.807, 2.05) is 60.7 Å². The number of nitrogens with one attached hydrogen (secondary N) is 2. The molecule has 27 heavy (non-hydrogen) atoms. The van der Waals surface area contributed by atoms with Gasteiger partial charge in [0.2, 0.25) is 0 Å². The Balaban J connectivity index is 1.87. The van der Waals surface area contributed by atoms with Crippen molar-refractivity contribution < 1.29 is 14.2 Å². The lowest BCUT2D eigenvalue weighted by Gasteiger charge is -2.24. The number of benzene rings is 2. The van der Waals surface area contributed by atoms with Crippen molar-refractivity contribution in [3.63, 3.8) is 0 Å². The first-order valence-electron chi connectivity index (χ1n) is 9.56. The maximum Gasteiger partial charge on any atom is 0.198 e. The average molecular weight is 383 g/mol. The summed E-state index contributed by atoms with van der Waals surface area (Å²) in [6.45, 7) is 8.14. The third kappa shape index (κ3) is 5.20. The molecule has 3 rings (SSSR count). The van der Waals surface area contributed by atoms with Gasteiger partial charge in [-0.1, -0.05) is 60.7 Å². The van der Waals surface area contributed by atoms with Gasteiger partial charge in [-0.05, 0) is 13.8 Å². The average Bonchev–Trinajstić information content (AvgIpc) is 2.72. The van der Waals surface area contributed by atoms with Gasteiger partial charge in [0.15, 0.2) is 7.29 Å². The summed E-state index contributed by atoms with van der Waals surface area (Å²) in [6, 6.07) is 19.7. The van der Waals surface area contributed by atoms with Gasteiger partial charge in [-0.3, -0.25) is 9.65 Å². The molecule has 142 valence electrons. The molecule has 0 aliphatic carbocycles. The molecule has 0 radical (unpaired) electrons. The topological polar surface area (TPSA) is 42.8 Å². The summed E-state index contributed by atoms with van der Waals surface area (Å²) < 4.78 is 19.7. The number of likely N-dealkylation sites (N-methyl/N-ethyl adjacent to an activating group) is 1. The summed E-state index contributed by atoms with van der Waals surface area (Å²) in [4.78, 5) is 1.49. The van der Waals surface area contributed by atoms with Crippen molar-refractivity contribution in [2.45, 2.75) is 13.8 Å². The van der Waals surface area contributed by atoms with Gasteiger partial charge in [-0.25, -0.2) is 0 Å². The Kier molecular flexibility index (Phi) is 6.68. The first kappa shape index (κ1) is 19.6. The molecule has 0 unspecified atom stereocenters. The Bertz CT molecular complexity index is 784. The molecular formula is C22H28N2O2P+. The fourth-order valence-electron chi connectivity index (χ4n) is 3.13. The van der Waals surface area contributed by atoms with Crippen molar-refractivity contribution in [2.75, 3.05) is 26.2 Å². The summed E-state index contributed by atoms with van der Waals surface area (Å²) in [5.41, 5.74) is 1.85. The quantitative estimate of drug-likeness (QED) is 0.682. The molecule has 5 heteroatoms. The molecule has 1 heterocycles. The van der Waals surface area contributed by atoms with Crippen LogP contribution in [0, 0.1) is 0 Å². The molecule has 0 bridgehead atoms. The van der Waals surface area contributed by atoms with Crippen molar-refractivity contribution in [3.8, 4) is 0 Å². The van der Waals surface area contributed by atoms with Gasteiger partial charge >= 0.3 is 0 Å². The van der Waals surface area contributed by atoms with Crippen LogP contribution in [0.5, 0.6) is 0 Å². The van der Waals surface area contributed by atoms with E-state index < -0.39 is 7.29 Å². The lowest BCUT2D eigenvalue weighted by Crippen LogP contribution is -3.12. The van der Waals surface area contributed by atoms with Crippen molar-refractivity contribution in [2.24, 2.45) is 0 Å². The second-order valence-electron chi connectivity index (χ2n) is 6.65. The number of ether oxygens (including phenoxy) is 1. The minimum atomic E-state index is -2.85. The second kappa shape index (κ2) is 9.18. The minimum Gasteiger partial charge on any atom is -0.456 e. The van der Waals surface area contributed by atoms with Crippen molar-refractivity contribution in [1.29, 1.82) is 0 Å². The Morgan fingerprint density at radius 3 is 1.78 bits per heavy atom. The van der Waals surface area contributed by atoms with Crippen molar-refractivity contribution in [3.05, 3.63) is 83.4 Å². The Morgan fingerprint density at radius 1 is 0.852 bits per heavy atom. The molecule has 0 fully saturated rings. The summed E-state index contributed by atoms with van der Waals surface area (Å²) >= 11 is 0. The smallest absolute Gasteiger partial charge is 0.198 e. The Labute approximate surface area is 162 Å². The van der Waals surface area contributed by atoms with Crippen LogP contribution in [0.4, 0.5) is 0 Å². The molecule has 1 aliphatic heterocycles. The Morgan fingerprint density at radius 2 is 1.33 bits per heavy atom. The van der Waals surface area contributed by atoms with Crippen LogP contribution < -0.4 is 9.99 Å². The largest absolute Gasteiger partial charge is 0.456 e. The van der Waals surface area contributed by atoms with Crippen LogP contribution in [0.15, 0.2) is 72.3 Å². The minimum absolute atomic E-state index is 0.642. The first-order chi connectivity index (χ1) is 13.1. The van der Waals surface area contributed by atoms with Gasteiger partial charge in [-0.2, -0.15) is 0 Å². The van der Waals surface area contributed by atoms with Gasteiger partial charge in [0.1, 0.15) is 11.5 Å². The van der Waals surface area contributed by atoms with Gasteiger partial charge < -0.3 is 9.64 Å². The summed E-state index contributed by atoms with van der Waals surface area (Å²) in [7, 11) is -2.85. The zero-order valence-electron chi connectivity index (χ0n) is 16.0. The zero-order valence-corrected chi connectivity index (χ0v) is 16.9.